The van der Waals surface area contributed by atoms with Crippen molar-refractivity contribution in [1.29, 1.82) is 0 Å². The molecule has 0 radical (unpaired) electrons. The van der Waals surface area contributed by atoms with E-state index in [1.54, 1.807) is 0 Å². The second-order valence-electron chi connectivity index (χ2n) is 17.2. The summed E-state index contributed by atoms with van der Waals surface area (Å²) in [4.78, 5) is 0. The fourth-order valence-electron chi connectivity index (χ4n) is 11.2. The Bertz CT molecular complexity index is 3300. The quantitative estimate of drug-likeness (QED) is 0.124. The van der Waals surface area contributed by atoms with Crippen LogP contribution in [0, 0.1) is 0 Å². The Kier molecular flexibility index (Phi) is 6.28. The van der Waals surface area contributed by atoms with Gasteiger partial charge in [0.25, 0.3) is 0 Å². The molecule has 0 aliphatic heterocycles. The van der Waals surface area contributed by atoms with Gasteiger partial charge < -0.3 is 0 Å². The number of benzene rings is 10. The van der Waals surface area contributed by atoms with E-state index in [9.17, 15) is 0 Å². The van der Waals surface area contributed by atoms with Gasteiger partial charge in [0, 0.05) is 10.8 Å². The van der Waals surface area contributed by atoms with Gasteiger partial charge in [0.2, 0.25) is 0 Å². The number of hydrogen-bond donors (Lipinski definition) is 0. The second-order valence-corrected chi connectivity index (χ2v) is 17.2. The molecule has 10 aromatic carbocycles. The fourth-order valence-corrected chi connectivity index (χ4v) is 11.2. The predicted octanol–water partition coefficient (Wildman–Crippen LogP) is 15.4. The Morgan fingerprint density at radius 2 is 0.750 bits per heavy atom. The molecule has 0 nitrogen and oxygen atoms in total. The molecule has 0 saturated heterocycles. The standard InChI is InChI=1S/C56H40/c1-55(2)48-24-14-13-17-39(48)40-29-27-35(32-49(40)55)51-44-21-10-8-19-42(44)50(43-20-9-11-22-45(43)51)34-26-28-36-33(31-34)25-30-47-52-41-18-7-5-15-37(41)38-16-6-12-23-46(38)54(52)56(3,4)53(36)47/h5-32H,1-4H3. The highest BCUT2D eigenvalue weighted by molar-refractivity contribution is 6.23. The normalized spacial score (nSPS) is 14.7. The van der Waals surface area contributed by atoms with Crippen LogP contribution in [0.4, 0.5) is 0 Å². The van der Waals surface area contributed by atoms with Gasteiger partial charge in [-0.25, -0.2) is 0 Å². The Balaban J connectivity index is 1.08. The van der Waals surface area contributed by atoms with E-state index in [0.717, 1.165) is 0 Å². The Hall–Kier alpha value is -6.50. The second kappa shape index (κ2) is 11.1. The van der Waals surface area contributed by atoms with Gasteiger partial charge in [-0.05, 0) is 133 Å². The summed E-state index contributed by atoms with van der Waals surface area (Å²) in [5.41, 5.74) is 16.1. The minimum absolute atomic E-state index is 0.0606. The highest BCUT2D eigenvalue weighted by Crippen LogP contribution is 2.57. The highest BCUT2D eigenvalue weighted by atomic mass is 14.4. The summed E-state index contributed by atoms with van der Waals surface area (Å²) in [5, 5.41) is 13.2. The zero-order valence-corrected chi connectivity index (χ0v) is 32.2. The number of rotatable bonds is 2. The van der Waals surface area contributed by atoms with Gasteiger partial charge in [0.15, 0.2) is 0 Å². The van der Waals surface area contributed by atoms with Gasteiger partial charge in [-0.3, -0.25) is 0 Å². The van der Waals surface area contributed by atoms with Crippen LogP contribution in [0.15, 0.2) is 170 Å². The van der Waals surface area contributed by atoms with Crippen molar-refractivity contribution < 1.29 is 0 Å². The monoisotopic (exact) mass is 712 g/mol. The van der Waals surface area contributed by atoms with Crippen molar-refractivity contribution in [2.75, 3.05) is 0 Å². The molecule has 2 aliphatic carbocycles. The largest absolute Gasteiger partial charge is 0.0619 e. The molecule has 0 heteroatoms. The third-order valence-corrected chi connectivity index (χ3v) is 13.6. The third kappa shape index (κ3) is 4.04. The van der Waals surface area contributed by atoms with Crippen molar-refractivity contribution in [3.05, 3.63) is 192 Å². The molecule has 264 valence electrons. The molecule has 0 saturated carbocycles. The maximum atomic E-state index is 2.48. The lowest BCUT2D eigenvalue weighted by Crippen LogP contribution is -2.16. The van der Waals surface area contributed by atoms with Crippen LogP contribution in [-0.2, 0) is 10.8 Å². The number of hydrogen-bond acceptors (Lipinski definition) is 0. The summed E-state index contributed by atoms with van der Waals surface area (Å²) in [7, 11) is 0. The molecular formula is C56H40. The van der Waals surface area contributed by atoms with Crippen molar-refractivity contribution >= 4 is 53.9 Å². The Morgan fingerprint density at radius 1 is 0.286 bits per heavy atom. The molecule has 10 aromatic rings. The number of fused-ring (bicyclic) bond motifs is 15. The summed E-state index contributed by atoms with van der Waals surface area (Å²) >= 11 is 0. The van der Waals surface area contributed by atoms with Crippen molar-refractivity contribution in [2.45, 2.75) is 38.5 Å². The van der Waals surface area contributed by atoms with Crippen LogP contribution in [0.1, 0.15) is 49.9 Å². The van der Waals surface area contributed by atoms with Gasteiger partial charge in [0.1, 0.15) is 0 Å². The van der Waals surface area contributed by atoms with Crippen molar-refractivity contribution in [3.8, 4) is 44.5 Å². The van der Waals surface area contributed by atoms with Crippen LogP contribution >= 0.6 is 0 Å². The van der Waals surface area contributed by atoms with Gasteiger partial charge in [-0.2, -0.15) is 0 Å². The molecule has 0 aromatic heterocycles. The first-order valence-corrected chi connectivity index (χ1v) is 20.0. The molecule has 0 unspecified atom stereocenters. The molecule has 0 heterocycles. The van der Waals surface area contributed by atoms with Crippen LogP contribution < -0.4 is 0 Å². The van der Waals surface area contributed by atoms with E-state index in [2.05, 4.69) is 198 Å². The van der Waals surface area contributed by atoms with Crippen LogP contribution in [0.2, 0.25) is 0 Å². The maximum absolute atomic E-state index is 2.48. The summed E-state index contributed by atoms with van der Waals surface area (Å²) in [5.74, 6) is 0. The Labute approximate surface area is 327 Å². The molecule has 56 heavy (non-hydrogen) atoms. The first-order valence-electron chi connectivity index (χ1n) is 20.0. The molecular weight excluding hydrogens is 673 g/mol. The van der Waals surface area contributed by atoms with E-state index in [1.165, 1.54) is 121 Å². The van der Waals surface area contributed by atoms with Gasteiger partial charge >= 0.3 is 0 Å². The molecule has 0 fully saturated rings. The third-order valence-electron chi connectivity index (χ3n) is 13.6. The lowest BCUT2D eigenvalue weighted by Gasteiger charge is -2.25. The lowest BCUT2D eigenvalue weighted by molar-refractivity contribution is 0.660. The van der Waals surface area contributed by atoms with Crippen LogP contribution in [-0.4, -0.2) is 0 Å². The van der Waals surface area contributed by atoms with E-state index in [0.29, 0.717) is 0 Å². The molecule has 0 spiro atoms. The first-order chi connectivity index (χ1) is 27.3. The smallest absolute Gasteiger partial charge is 0.0171 e. The van der Waals surface area contributed by atoms with Crippen LogP contribution in [0.5, 0.6) is 0 Å². The van der Waals surface area contributed by atoms with Gasteiger partial charge in [0.05, 0.1) is 0 Å². The molecule has 12 rings (SSSR count). The van der Waals surface area contributed by atoms with Crippen LogP contribution in [0.25, 0.3) is 98.4 Å². The van der Waals surface area contributed by atoms with Crippen molar-refractivity contribution in [1.82, 2.24) is 0 Å². The molecule has 0 N–H and O–H groups in total. The van der Waals surface area contributed by atoms with Gasteiger partial charge in [-0.1, -0.05) is 185 Å². The average molecular weight is 713 g/mol. The van der Waals surface area contributed by atoms with Gasteiger partial charge in [-0.15, -0.1) is 0 Å². The summed E-state index contributed by atoms with van der Waals surface area (Å²) in [6.45, 7) is 9.62. The summed E-state index contributed by atoms with van der Waals surface area (Å²) in [6.07, 6.45) is 0. The zero-order valence-electron chi connectivity index (χ0n) is 32.2. The zero-order chi connectivity index (χ0) is 37.5. The average Bonchev–Trinajstić information content (AvgIpc) is 3.62. The van der Waals surface area contributed by atoms with E-state index >= 15 is 0 Å². The predicted molar refractivity (Wildman–Crippen MR) is 240 cm³/mol. The maximum Gasteiger partial charge on any atom is 0.0171 e. The summed E-state index contributed by atoms with van der Waals surface area (Å²) in [6, 6.07) is 64.3. The van der Waals surface area contributed by atoms with Crippen LogP contribution in [0.3, 0.4) is 0 Å². The molecule has 0 amide bonds. The van der Waals surface area contributed by atoms with Crippen molar-refractivity contribution in [3.63, 3.8) is 0 Å². The van der Waals surface area contributed by atoms with E-state index in [-0.39, 0.29) is 10.8 Å². The Morgan fingerprint density at radius 3 is 1.39 bits per heavy atom. The van der Waals surface area contributed by atoms with E-state index in [4.69, 9.17) is 0 Å². The molecule has 0 atom stereocenters. The van der Waals surface area contributed by atoms with Crippen molar-refractivity contribution in [2.24, 2.45) is 0 Å². The lowest BCUT2D eigenvalue weighted by atomic mass is 9.77. The molecule has 2 aliphatic rings. The molecule has 0 bridgehead atoms. The summed E-state index contributed by atoms with van der Waals surface area (Å²) < 4.78 is 0. The minimum atomic E-state index is -0.165. The SMILES string of the molecule is CC1(C)c2ccccc2-c2ccc(-c3c4ccccc4c(-c4ccc5c6c(ccc5c4)-c4c(c5ccccc5c5ccccc45)C6(C)C)c4ccccc34)cc21. The first kappa shape index (κ1) is 31.8. The topological polar surface area (TPSA) is 0 Å². The highest BCUT2D eigenvalue weighted by Gasteiger charge is 2.40. The van der Waals surface area contributed by atoms with E-state index in [1.807, 2.05) is 0 Å². The fraction of sp³-hybridized carbons (Fsp3) is 0.107. The minimum Gasteiger partial charge on any atom is -0.0619 e. The van der Waals surface area contributed by atoms with E-state index < -0.39 is 0 Å².